The van der Waals surface area contributed by atoms with Crippen LogP contribution in [0.25, 0.3) is 0 Å². The zero-order chi connectivity index (χ0) is 30.3. The average Bonchev–Trinajstić information content (AvgIpc) is 3.65. The molecule has 3 aliphatic heterocycles. The minimum atomic E-state index is -4.65. The van der Waals surface area contributed by atoms with Gasteiger partial charge in [-0.05, 0) is 65.8 Å². The zero-order valence-corrected chi connectivity index (χ0v) is 24.0. The number of likely N-dealkylation sites (tertiary alicyclic amines) is 1. The first-order chi connectivity index (χ1) is 20.3. The molecule has 43 heavy (non-hydrogen) atoms. The summed E-state index contributed by atoms with van der Waals surface area (Å²) in [5.74, 6) is -2.24. The summed E-state index contributed by atoms with van der Waals surface area (Å²) in [6.07, 6.45) is -1.63. The standard InChI is InChI=1S/C31H32F5N5O2/c1-18-4-3-6-40(12-18)13-19-8-22-23(24(9-19)31(34,35)36)14-41(27(22)42)25-11-21(10-20-5-7-43-26(20)25)29(15-30(32,33)16-29)28-38-37-17-39(28)2/h8-11,17-18H,3-7,12-16H2,1-2H3/t18-/m0/s1. The molecule has 0 bridgehead atoms. The van der Waals surface area contributed by atoms with Gasteiger partial charge < -0.3 is 14.2 Å². The molecule has 2 fully saturated rings. The van der Waals surface area contributed by atoms with E-state index in [2.05, 4.69) is 22.0 Å². The van der Waals surface area contributed by atoms with Crippen LogP contribution in [0.15, 0.2) is 30.6 Å². The third kappa shape index (κ3) is 4.69. The molecule has 1 atom stereocenters. The minimum absolute atomic E-state index is 0.0187. The monoisotopic (exact) mass is 601 g/mol. The van der Waals surface area contributed by atoms with E-state index in [0.29, 0.717) is 53.9 Å². The lowest BCUT2D eigenvalue weighted by atomic mass is 9.61. The number of halogens is 5. The topological polar surface area (TPSA) is 63.5 Å². The lowest BCUT2D eigenvalue weighted by molar-refractivity contribution is -0.138. The van der Waals surface area contributed by atoms with E-state index in [4.69, 9.17) is 4.74 Å². The van der Waals surface area contributed by atoms with E-state index in [9.17, 15) is 26.7 Å². The molecule has 7 rings (SSSR count). The number of hydrogen-bond donors (Lipinski definition) is 0. The van der Waals surface area contributed by atoms with E-state index in [1.165, 1.54) is 17.3 Å². The Morgan fingerprint density at radius 1 is 1.14 bits per heavy atom. The Hall–Kier alpha value is -3.54. The Morgan fingerprint density at radius 3 is 2.60 bits per heavy atom. The normalized spacial score (nSPS) is 22.7. The van der Waals surface area contributed by atoms with Crippen molar-refractivity contribution in [2.45, 2.75) is 69.6 Å². The van der Waals surface area contributed by atoms with Gasteiger partial charge in [-0.15, -0.1) is 10.2 Å². The van der Waals surface area contributed by atoms with Crippen LogP contribution < -0.4 is 9.64 Å². The lowest BCUT2D eigenvalue weighted by Gasteiger charge is -2.47. The van der Waals surface area contributed by atoms with Crippen LogP contribution >= 0.6 is 0 Å². The van der Waals surface area contributed by atoms with Gasteiger partial charge in [0.2, 0.25) is 0 Å². The van der Waals surface area contributed by atoms with Gasteiger partial charge in [0, 0.05) is 45.0 Å². The van der Waals surface area contributed by atoms with Crippen molar-refractivity contribution in [2.75, 3.05) is 24.6 Å². The molecule has 12 heteroatoms. The maximum absolute atomic E-state index is 14.5. The molecule has 0 spiro atoms. The highest BCUT2D eigenvalue weighted by Crippen LogP contribution is 2.58. The molecule has 1 aliphatic carbocycles. The smallest absolute Gasteiger partial charge is 0.416 e. The van der Waals surface area contributed by atoms with Gasteiger partial charge >= 0.3 is 6.18 Å². The van der Waals surface area contributed by atoms with Gasteiger partial charge in [0.05, 0.1) is 29.8 Å². The number of aromatic nitrogens is 3. The predicted octanol–water partition coefficient (Wildman–Crippen LogP) is 5.88. The van der Waals surface area contributed by atoms with Crippen molar-refractivity contribution in [3.05, 3.63) is 69.8 Å². The van der Waals surface area contributed by atoms with E-state index in [0.717, 1.165) is 31.5 Å². The number of carbonyl (C=O) groups is 1. The van der Waals surface area contributed by atoms with Gasteiger partial charge in [0.15, 0.2) is 0 Å². The molecular weight excluding hydrogens is 569 g/mol. The van der Waals surface area contributed by atoms with E-state index >= 15 is 0 Å². The number of fused-ring (bicyclic) bond motifs is 2. The summed E-state index contributed by atoms with van der Waals surface area (Å²) >= 11 is 0. The van der Waals surface area contributed by atoms with Crippen LogP contribution in [0.3, 0.4) is 0 Å². The lowest BCUT2D eigenvalue weighted by Crippen LogP contribution is -2.51. The number of hydrogen-bond acceptors (Lipinski definition) is 5. The van der Waals surface area contributed by atoms with Crippen molar-refractivity contribution in [1.82, 2.24) is 19.7 Å². The van der Waals surface area contributed by atoms with Crippen LogP contribution in [-0.2, 0) is 38.1 Å². The Morgan fingerprint density at radius 2 is 1.93 bits per heavy atom. The first kappa shape index (κ1) is 28.2. The molecule has 7 nitrogen and oxygen atoms in total. The van der Waals surface area contributed by atoms with Gasteiger partial charge in [-0.3, -0.25) is 9.69 Å². The molecule has 2 aromatic carbocycles. The molecule has 228 valence electrons. The van der Waals surface area contributed by atoms with Crippen molar-refractivity contribution in [2.24, 2.45) is 13.0 Å². The van der Waals surface area contributed by atoms with Crippen LogP contribution in [0.4, 0.5) is 27.6 Å². The quantitative estimate of drug-likeness (QED) is 0.342. The number of anilines is 1. The number of benzene rings is 2. The van der Waals surface area contributed by atoms with Gasteiger partial charge in [0.25, 0.3) is 11.8 Å². The second kappa shape index (κ2) is 9.73. The molecule has 0 radical (unpaired) electrons. The van der Waals surface area contributed by atoms with Crippen LogP contribution in [0.5, 0.6) is 5.75 Å². The largest absolute Gasteiger partial charge is 0.491 e. The van der Waals surface area contributed by atoms with Crippen molar-refractivity contribution in [3.63, 3.8) is 0 Å². The first-order valence-electron chi connectivity index (χ1n) is 14.6. The van der Waals surface area contributed by atoms with Gasteiger partial charge in [-0.1, -0.05) is 13.0 Å². The number of piperidine rings is 1. The van der Waals surface area contributed by atoms with E-state index in [1.807, 2.05) is 6.07 Å². The Balaban J connectivity index is 1.30. The third-order valence-electron chi connectivity index (χ3n) is 9.42. The number of ether oxygens (including phenoxy) is 1. The zero-order valence-electron chi connectivity index (χ0n) is 24.0. The van der Waals surface area contributed by atoms with Crippen molar-refractivity contribution < 1.29 is 31.5 Å². The summed E-state index contributed by atoms with van der Waals surface area (Å²) in [5, 5.41) is 8.07. The number of aryl methyl sites for hydroxylation is 1. The van der Waals surface area contributed by atoms with E-state index in [1.54, 1.807) is 23.7 Å². The van der Waals surface area contributed by atoms with E-state index < -0.39 is 41.8 Å². The predicted molar refractivity (Wildman–Crippen MR) is 147 cm³/mol. The van der Waals surface area contributed by atoms with Crippen LogP contribution in [0, 0.1) is 5.92 Å². The summed E-state index contributed by atoms with van der Waals surface area (Å²) in [6, 6.07) is 6.19. The van der Waals surface area contributed by atoms with Crippen LogP contribution in [-0.4, -0.2) is 51.2 Å². The van der Waals surface area contributed by atoms with Crippen LogP contribution in [0.2, 0.25) is 0 Å². The maximum Gasteiger partial charge on any atom is 0.416 e. The highest BCUT2D eigenvalue weighted by Gasteiger charge is 2.61. The van der Waals surface area contributed by atoms with Crippen molar-refractivity contribution >= 4 is 11.6 Å². The Labute approximate surface area is 245 Å². The third-order valence-corrected chi connectivity index (χ3v) is 9.42. The summed E-state index contributed by atoms with van der Waals surface area (Å²) in [7, 11) is 1.69. The molecule has 0 N–H and O–H groups in total. The van der Waals surface area contributed by atoms with Gasteiger partial charge in [0.1, 0.15) is 17.9 Å². The fraction of sp³-hybridized carbons (Fsp3) is 0.516. The number of carbonyl (C=O) groups excluding carboxylic acids is 1. The Bertz CT molecular complexity index is 1610. The van der Waals surface area contributed by atoms with Gasteiger partial charge in [-0.25, -0.2) is 8.78 Å². The number of rotatable bonds is 5. The molecule has 1 aromatic heterocycles. The highest BCUT2D eigenvalue weighted by atomic mass is 19.4. The number of alkyl halides is 5. The first-order valence-corrected chi connectivity index (χ1v) is 14.6. The molecular formula is C31H32F5N5O2. The molecule has 1 saturated carbocycles. The molecule has 4 aliphatic rings. The summed E-state index contributed by atoms with van der Waals surface area (Å²) in [5.41, 5.74) is -0.0479. The molecule has 3 aromatic rings. The van der Waals surface area contributed by atoms with E-state index in [-0.39, 0.29) is 17.7 Å². The van der Waals surface area contributed by atoms with Crippen molar-refractivity contribution in [1.29, 1.82) is 0 Å². The summed E-state index contributed by atoms with van der Waals surface area (Å²) < 4.78 is 79.8. The Kier molecular flexibility index (Phi) is 6.39. The summed E-state index contributed by atoms with van der Waals surface area (Å²) in [4.78, 5) is 17.4. The average molecular weight is 602 g/mol. The van der Waals surface area contributed by atoms with Crippen LogP contribution in [0.1, 0.15) is 76.6 Å². The minimum Gasteiger partial charge on any atom is -0.491 e. The number of amides is 1. The molecule has 4 heterocycles. The number of nitrogens with zero attached hydrogens (tertiary/aromatic N) is 5. The fourth-order valence-electron chi connectivity index (χ4n) is 7.50. The fourth-order valence-corrected chi connectivity index (χ4v) is 7.50. The second-order valence-corrected chi connectivity index (χ2v) is 12.7. The SMILES string of the molecule is C[C@H]1CCCN(Cc2cc3c(c(C(F)(F)F)c2)CN(c2cc(C4(c5nncn5C)CC(F)(F)C4)cc4c2OCC4)C3=O)C1. The molecule has 0 unspecified atom stereocenters. The second-order valence-electron chi connectivity index (χ2n) is 12.7. The molecule has 1 saturated heterocycles. The van der Waals surface area contributed by atoms with Gasteiger partial charge in [-0.2, -0.15) is 13.2 Å². The van der Waals surface area contributed by atoms with Crippen molar-refractivity contribution in [3.8, 4) is 5.75 Å². The summed E-state index contributed by atoms with van der Waals surface area (Å²) in [6.45, 7) is 4.07. The molecule has 1 amide bonds. The maximum atomic E-state index is 14.5. The highest BCUT2D eigenvalue weighted by molar-refractivity contribution is 6.11.